The molecular weight excluding hydrogens is 376 g/mol. The SMILES string of the molecule is COc1ccccc1-c1ccc(N2CCC(C(=O)NC3CCCCCC3)CC2)nn1. The van der Waals surface area contributed by atoms with E-state index in [0.29, 0.717) is 6.04 Å². The van der Waals surface area contributed by atoms with Gasteiger partial charge in [-0.25, -0.2) is 0 Å². The third-order valence-corrected chi connectivity index (χ3v) is 6.42. The van der Waals surface area contributed by atoms with Crippen molar-refractivity contribution in [2.24, 2.45) is 5.92 Å². The van der Waals surface area contributed by atoms with Gasteiger partial charge in [0, 0.05) is 30.6 Å². The third-order valence-electron chi connectivity index (χ3n) is 6.42. The van der Waals surface area contributed by atoms with Crippen molar-refractivity contribution in [3.05, 3.63) is 36.4 Å². The Morgan fingerprint density at radius 2 is 1.70 bits per heavy atom. The van der Waals surface area contributed by atoms with Gasteiger partial charge in [0.05, 0.1) is 12.8 Å². The Morgan fingerprint density at radius 1 is 0.967 bits per heavy atom. The van der Waals surface area contributed by atoms with Crippen LogP contribution in [-0.4, -0.2) is 42.3 Å². The number of carbonyl (C=O) groups excluding carboxylic acids is 1. The summed E-state index contributed by atoms with van der Waals surface area (Å²) in [4.78, 5) is 14.9. The lowest BCUT2D eigenvalue weighted by atomic mass is 9.95. The van der Waals surface area contributed by atoms with Crippen LogP contribution in [0.1, 0.15) is 51.4 Å². The van der Waals surface area contributed by atoms with Crippen molar-refractivity contribution in [2.45, 2.75) is 57.4 Å². The molecule has 0 radical (unpaired) electrons. The van der Waals surface area contributed by atoms with E-state index in [9.17, 15) is 4.79 Å². The Labute approximate surface area is 179 Å². The summed E-state index contributed by atoms with van der Waals surface area (Å²) in [5.41, 5.74) is 1.74. The van der Waals surface area contributed by atoms with Crippen molar-refractivity contribution >= 4 is 11.7 Å². The number of methoxy groups -OCH3 is 1. The molecule has 2 aliphatic rings. The molecule has 30 heavy (non-hydrogen) atoms. The smallest absolute Gasteiger partial charge is 0.223 e. The summed E-state index contributed by atoms with van der Waals surface area (Å²) in [6, 6.07) is 12.2. The molecule has 0 atom stereocenters. The molecule has 1 aliphatic carbocycles. The first-order valence-corrected chi connectivity index (χ1v) is 11.3. The molecule has 0 unspecified atom stereocenters. The number of rotatable bonds is 5. The minimum absolute atomic E-state index is 0.116. The molecule has 1 aliphatic heterocycles. The summed E-state index contributed by atoms with van der Waals surface area (Å²) in [6.45, 7) is 1.68. The molecule has 1 amide bonds. The predicted molar refractivity (Wildman–Crippen MR) is 119 cm³/mol. The molecule has 160 valence electrons. The number of piperidine rings is 1. The second-order valence-electron chi connectivity index (χ2n) is 8.44. The highest BCUT2D eigenvalue weighted by Gasteiger charge is 2.27. The van der Waals surface area contributed by atoms with Gasteiger partial charge < -0.3 is 15.0 Å². The average molecular weight is 409 g/mol. The fourth-order valence-electron chi connectivity index (χ4n) is 4.61. The Balaban J connectivity index is 1.32. The van der Waals surface area contributed by atoms with Gasteiger partial charge in [0.2, 0.25) is 5.91 Å². The number of aromatic nitrogens is 2. The first-order valence-electron chi connectivity index (χ1n) is 11.3. The Morgan fingerprint density at radius 3 is 2.37 bits per heavy atom. The van der Waals surface area contributed by atoms with Gasteiger partial charge in [-0.2, -0.15) is 0 Å². The van der Waals surface area contributed by atoms with Gasteiger partial charge in [0.1, 0.15) is 5.75 Å². The van der Waals surface area contributed by atoms with Crippen LogP contribution < -0.4 is 15.0 Å². The number of para-hydroxylation sites is 1. The third kappa shape index (κ3) is 4.91. The number of amides is 1. The molecule has 2 heterocycles. The second-order valence-corrected chi connectivity index (χ2v) is 8.44. The Kier molecular flexibility index (Phi) is 6.82. The average Bonchev–Trinajstić information content (AvgIpc) is 3.08. The summed E-state index contributed by atoms with van der Waals surface area (Å²) >= 11 is 0. The zero-order valence-electron chi connectivity index (χ0n) is 17.8. The number of nitrogens with one attached hydrogen (secondary N) is 1. The van der Waals surface area contributed by atoms with E-state index >= 15 is 0 Å². The van der Waals surface area contributed by atoms with Crippen LogP contribution in [0.4, 0.5) is 5.82 Å². The Hall–Kier alpha value is -2.63. The number of nitrogens with zero attached hydrogens (tertiary/aromatic N) is 3. The van der Waals surface area contributed by atoms with E-state index < -0.39 is 0 Å². The van der Waals surface area contributed by atoms with Gasteiger partial charge >= 0.3 is 0 Å². The first-order chi connectivity index (χ1) is 14.7. The molecule has 1 aromatic carbocycles. The summed E-state index contributed by atoms with van der Waals surface area (Å²) in [5, 5.41) is 12.2. The number of hydrogen-bond donors (Lipinski definition) is 1. The maximum Gasteiger partial charge on any atom is 0.223 e. The van der Waals surface area contributed by atoms with E-state index in [1.165, 1.54) is 25.7 Å². The van der Waals surface area contributed by atoms with Crippen molar-refractivity contribution in [2.75, 3.05) is 25.1 Å². The van der Waals surface area contributed by atoms with E-state index in [-0.39, 0.29) is 11.8 Å². The van der Waals surface area contributed by atoms with Crippen molar-refractivity contribution in [3.8, 4) is 17.0 Å². The highest BCUT2D eigenvalue weighted by atomic mass is 16.5. The van der Waals surface area contributed by atoms with Crippen molar-refractivity contribution in [1.29, 1.82) is 0 Å². The minimum atomic E-state index is 0.116. The van der Waals surface area contributed by atoms with Gasteiger partial charge in [-0.05, 0) is 49.9 Å². The molecular formula is C24H32N4O2. The summed E-state index contributed by atoms with van der Waals surface area (Å²) in [7, 11) is 1.66. The maximum absolute atomic E-state index is 12.7. The second kappa shape index (κ2) is 9.92. The topological polar surface area (TPSA) is 67.3 Å². The van der Waals surface area contributed by atoms with Gasteiger partial charge in [-0.15, -0.1) is 10.2 Å². The first kappa shape index (κ1) is 20.6. The van der Waals surface area contributed by atoms with Crippen LogP contribution in [0.3, 0.4) is 0 Å². The molecule has 0 bridgehead atoms. The van der Waals surface area contributed by atoms with Crippen LogP contribution in [0.15, 0.2) is 36.4 Å². The molecule has 2 fully saturated rings. The number of anilines is 1. The molecule has 4 rings (SSSR count). The molecule has 2 aromatic rings. The van der Waals surface area contributed by atoms with E-state index in [1.807, 2.05) is 36.4 Å². The van der Waals surface area contributed by atoms with Crippen LogP contribution in [0, 0.1) is 5.92 Å². The van der Waals surface area contributed by atoms with Gasteiger partial charge in [0.25, 0.3) is 0 Å². The number of carbonyl (C=O) groups is 1. The fourth-order valence-corrected chi connectivity index (χ4v) is 4.61. The summed E-state index contributed by atoms with van der Waals surface area (Å²) < 4.78 is 5.43. The minimum Gasteiger partial charge on any atom is -0.496 e. The quantitative estimate of drug-likeness (QED) is 0.751. The zero-order valence-corrected chi connectivity index (χ0v) is 17.8. The normalized spacial score (nSPS) is 18.6. The van der Waals surface area contributed by atoms with Gasteiger partial charge in [0.15, 0.2) is 5.82 Å². The van der Waals surface area contributed by atoms with E-state index in [4.69, 9.17) is 4.74 Å². The lowest BCUT2D eigenvalue weighted by molar-refractivity contribution is -0.126. The lowest BCUT2D eigenvalue weighted by Crippen LogP contribution is -2.44. The van der Waals surface area contributed by atoms with Crippen LogP contribution in [0.25, 0.3) is 11.3 Å². The van der Waals surface area contributed by atoms with E-state index in [2.05, 4.69) is 20.4 Å². The van der Waals surface area contributed by atoms with Crippen molar-refractivity contribution in [3.63, 3.8) is 0 Å². The van der Waals surface area contributed by atoms with Crippen LogP contribution in [0.2, 0.25) is 0 Å². The van der Waals surface area contributed by atoms with Crippen molar-refractivity contribution in [1.82, 2.24) is 15.5 Å². The molecule has 6 nitrogen and oxygen atoms in total. The van der Waals surface area contributed by atoms with Crippen LogP contribution in [-0.2, 0) is 4.79 Å². The molecule has 1 saturated carbocycles. The van der Waals surface area contributed by atoms with Crippen LogP contribution >= 0.6 is 0 Å². The number of benzene rings is 1. The monoisotopic (exact) mass is 408 g/mol. The summed E-state index contributed by atoms with van der Waals surface area (Å²) in [6.07, 6.45) is 9.11. The maximum atomic E-state index is 12.7. The van der Waals surface area contributed by atoms with Gasteiger partial charge in [-0.1, -0.05) is 37.8 Å². The van der Waals surface area contributed by atoms with Gasteiger partial charge in [-0.3, -0.25) is 4.79 Å². The highest BCUT2D eigenvalue weighted by molar-refractivity contribution is 5.79. The highest BCUT2D eigenvalue weighted by Crippen LogP contribution is 2.29. The van der Waals surface area contributed by atoms with E-state index in [1.54, 1.807) is 7.11 Å². The zero-order chi connectivity index (χ0) is 20.8. The lowest BCUT2D eigenvalue weighted by Gasteiger charge is -2.32. The largest absolute Gasteiger partial charge is 0.496 e. The number of ether oxygens (including phenoxy) is 1. The molecule has 1 N–H and O–H groups in total. The Bertz CT molecular complexity index is 823. The van der Waals surface area contributed by atoms with Crippen LogP contribution in [0.5, 0.6) is 5.75 Å². The molecule has 6 heteroatoms. The molecule has 0 spiro atoms. The molecule has 1 aromatic heterocycles. The summed E-state index contributed by atoms with van der Waals surface area (Å²) in [5.74, 6) is 2.03. The van der Waals surface area contributed by atoms with E-state index in [0.717, 1.165) is 61.6 Å². The van der Waals surface area contributed by atoms with Crippen molar-refractivity contribution < 1.29 is 9.53 Å². The molecule has 1 saturated heterocycles. The fraction of sp³-hybridized carbons (Fsp3) is 0.542. The standard InChI is InChI=1S/C24H32N4O2/c1-30-22-11-7-6-10-20(22)21-12-13-23(27-26-21)28-16-14-18(15-17-28)24(29)25-19-8-4-2-3-5-9-19/h6-7,10-13,18-19H,2-5,8-9,14-17H2,1H3,(H,25,29). The predicted octanol–water partition coefficient (Wildman–Crippen LogP) is 4.21. The number of hydrogen-bond acceptors (Lipinski definition) is 5.